The van der Waals surface area contributed by atoms with Crippen LogP contribution >= 0.6 is 11.6 Å². The fourth-order valence-corrected chi connectivity index (χ4v) is 2.74. The number of hydrogen-bond donors (Lipinski definition) is 0. The molecule has 0 fully saturated rings. The molecule has 3 nitrogen and oxygen atoms in total. The monoisotopic (exact) mass is 300 g/mol. The van der Waals surface area contributed by atoms with E-state index in [0.29, 0.717) is 12.4 Å². The number of anilines is 1. The van der Waals surface area contributed by atoms with Crippen molar-refractivity contribution in [3.8, 4) is 0 Å². The molecule has 4 heteroatoms. The largest absolute Gasteiger partial charge is 0.464 e. The second-order valence-electron chi connectivity index (χ2n) is 5.15. The maximum atomic E-state index is 6.00. The van der Waals surface area contributed by atoms with Crippen molar-refractivity contribution in [1.29, 1.82) is 0 Å². The predicted molar refractivity (Wildman–Crippen MR) is 86.9 cm³/mol. The van der Waals surface area contributed by atoms with Gasteiger partial charge in [-0.3, -0.25) is 0 Å². The Morgan fingerprint density at radius 2 is 1.90 bits per heavy atom. The van der Waals surface area contributed by atoms with Gasteiger partial charge in [-0.25, -0.2) is 4.98 Å². The third-order valence-corrected chi connectivity index (χ3v) is 3.84. The number of benzene rings is 1. The predicted octanol–water partition coefficient (Wildman–Crippen LogP) is 4.51. The van der Waals surface area contributed by atoms with Crippen LogP contribution in [0.3, 0.4) is 0 Å². The Kier molecular flexibility index (Phi) is 3.84. The van der Waals surface area contributed by atoms with Crippen LogP contribution in [0.5, 0.6) is 0 Å². The van der Waals surface area contributed by atoms with Crippen molar-refractivity contribution in [1.82, 2.24) is 4.98 Å². The van der Waals surface area contributed by atoms with Crippen molar-refractivity contribution in [3.63, 3.8) is 0 Å². The van der Waals surface area contributed by atoms with Gasteiger partial charge in [-0.05, 0) is 30.0 Å². The number of halogens is 1. The zero-order valence-corrected chi connectivity index (χ0v) is 12.9. The number of nitrogens with zero attached hydrogens (tertiary/aromatic N) is 2. The van der Waals surface area contributed by atoms with Crippen LogP contribution < -0.4 is 4.90 Å². The third-order valence-electron chi connectivity index (χ3n) is 3.55. The summed E-state index contributed by atoms with van der Waals surface area (Å²) in [5.41, 5.74) is 1.05. The zero-order valence-electron chi connectivity index (χ0n) is 12.1. The highest BCUT2D eigenvalue weighted by molar-refractivity contribution is 6.18. The van der Waals surface area contributed by atoms with Gasteiger partial charge in [0.25, 0.3) is 0 Å². The number of rotatable bonds is 4. The molecular weight excluding hydrogens is 284 g/mol. The molecular formula is C17H17ClN2O. The van der Waals surface area contributed by atoms with Gasteiger partial charge in [0.05, 0.1) is 6.54 Å². The number of pyridine rings is 1. The van der Waals surface area contributed by atoms with Gasteiger partial charge in [0.1, 0.15) is 17.3 Å². The van der Waals surface area contributed by atoms with E-state index in [-0.39, 0.29) is 0 Å². The second kappa shape index (κ2) is 5.78. The van der Waals surface area contributed by atoms with Gasteiger partial charge in [-0.15, -0.1) is 11.6 Å². The van der Waals surface area contributed by atoms with E-state index in [1.807, 2.05) is 44.4 Å². The van der Waals surface area contributed by atoms with Crippen LogP contribution in [0.1, 0.15) is 17.1 Å². The highest BCUT2D eigenvalue weighted by Gasteiger charge is 2.12. The minimum atomic E-state index is 0.467. The fourth-order valence-electron chi connectivity index (χ4n) is 2.53. The molecule has 21 heavy (non-hydrogen) atoms. The van der Waals surface area contributed by atoms with Crippen LogP contribution in [0.25, 0.3) is 10.8 Å². The summed E-state index contributed by atoms with van der Waals surface area (Å²) in [6.07, 6.45) is 1.86. The smallest absolute Gasteiger partial charge is 0.136 e. The van der Waals surface area contributed by atoms with Crippen molar-refractivity contribution >= 4 is 28.2 Å². The molecule has 2 aromatic heterocycles. The van der Waals surface area contributed by atoms with Gasteiger partial charge in [-0.1, -0.05) is 24.3 Å². The average Bonchev–Trinajstić information content (AvgIpc) is 2.91. The normalized spacial score (nSPS) is 11.0. The van der Waals surface area contributed by atoms with E-state index in [1.54, 1.807) is 0 Å². The second-order valence-corrected chi connectivity index (χ2v) is 5.42. The molecule has 0 aliphatic rings. The van der Waals surface area contributed by atoms with E-state index in [9.17, 15) is 0 Å². The summed E-state index contributed by atoms with van der Waals surface area (Å²) < 4.78 is 5.64. The van der Waals surface area contributed by atoms with Crippen LogP contribution in [0, 0.1) is 6.92 Å². The molecule has 3 rings (SSSR count). The maximum Gasteiger partial charge on any atom is 0.136 e. The minimum absolute atomic E-state index is 0.467. The molecule has 3 aromatic rings. The first-order valence-electron chi connectivity index (χ1n) is 6.88. The van der Waals surface area contributed by atoms with Gasteiger partial charge in [0.15, 0.2) is 0 Å². The molecule has 0 atom stereocenters. The van der Waals surface area contributed by atoms with Gasteiger partial charge in [0.2, 0.25) is 0 Å². The summed E-state index contributed by atoms with van der Waals surface area (Å²) in [5, 5.41) is 2.27. The molecule has 0 saturated heterocycles. The average molecular weight is 301 g/mol. The van der Waals surface area contributed by atoms with E-state index in [2.05, 4.69) is 22.0 Å². The summed E-state index contributed by atoms with van der Waals surface area (Å²) in [6, 6.07) is 12.2. The van der Waals surface area contributed by atoms with E-state index in [1.165, 1.54) is 0 Å². The molecule has 0 bridgehead atoms. The Labute approximate surface area is 129 Å². The molecule has 0 saturated carbocycles. The molecule has 0 aliphatic carbocycles. The number of furan rings is 1. The van der Waals surface area contributed by atoms with Crippen molar-refractivity contribution in [2.45, 2.75) is 19.3 Å². The molecule has 2 heterocycles. The first-order valence-corrected chi connectivity index (χ1v) is 7.41. The molecule has 0 radical (unpaired) electrons. The molecule has 0 unspecified atom stereocenters. The molecule has 0 spiro atoms. The van der Waals surface area contributed by atoms with Crippen LogP contribution in [-0.4, -0.2) is 12.0 Å². The highest BCUT2D eigenvalue weighted by atomic mass is 35.5. The Hall–Kier alpha value is -2.00. The van der Waals surface area contributed by atoms with Crippen molar-refractivity contribution in [2.75, 3.05) is 11.9 Å². The van der Waals surface area contributed by atoms with Gasteiger partial charge in [0, 0.05) is 24.5 Å². The first-order chi connectivity index (χ1) is 10.2. The van der Waals surface area contributed by atoms with E-state index < -0.39 is 0 Å². The Morgan fingerprint density at radius 3 is 2.57 bits per heavy atom. The van der Waals surface area contributed by atoms with Crippen LogP contribution in [0.15, 0.2) is 47.0 Å². The van der Waals surface area contributed by atoms with Crippen molar-refractivity contribution in [3.05, 3.63) is 59.7 Å². The number of aromatic nitrogens is 1. The number of hydrogen-bond acceptors (Lipinski definition) is 3. The molecule has 1 aromatic carbocycles. The fraction of sp³-hybridized carbons (Fsp3) is 0.235. The van der Waals surface area contributed by atoms with Gasteiger partial charge >= 0.3 is 0 Å². The van der Waals surface area contributed by atoms with E-state index in [4.69, 9.17) is 16.0 Å². The van der Waals surface area contributed by atoms with E-state index >= 15 is 0 Å². The summed E-state index contributed by atoms with van der Waals surface area (Å²) in [5.74, 6) is 3.26. The molecule has 0 aliphatic heterocycles. The number of alkyl halides is 1. The van der Waals surface area contributed by atoms with Crippen LogP contribution in [-0.2, 0) is 12.4 Å². The number of aryl methyl sites for hydroxylation is 1. The zero-order chi connectivity index (χ0) is 14.8. The Balaban J connectivity index is 2.00. The summed E-state index contributed by atoms with van der Waals surface area (Å²) >= 11 is 6.00. The van der Waals surface area contributed by atoms with Crippen LogP contribution in [0.2, 0.25) is 0 Å². The maximum absolute atomic E-state index is 6.00. The topological polar surface area (TPSA) is 29.3 Å². The highest BCUT2D eigenvalue weighted by Crippen LogP contribution is 2.28. The summed E-state index contributed by atoms with van der Waals surface area (Å²) in [7, 11) is 2.02. The lowest BCUT2D eigenvalue weighted by Gasteiger charge is -2.19. The molecule has 108 valence electrons. The van der Waals surface area contributed by atoms with E-state index in [0.717, 1.165) is 33.7 Å². The van der Waals surface area contributed by atoms with Gasteiger partial charge in [-0.2, -0.15) is 0 Å². The quantitative estimate of drug-likeness (QED) is 0.664. The van der Waals surface area contributed by atoms with Crippen LogP contribution in [0.4, 0.5) is 5.82 Å². The lowest BCUT2D eigenvalue weighted by molar-refractivity contribution is 0.481. The lowest BCUT2D eigenvalue weighted by Crippen LogP contribution is -2.17. The minimum Gasteiger partial charge on any atom is -0.464 e. The Bertz CT molecular complexity index is 766. The van der Waals surface area contributed by atoms with Crippen molar-refractivity contribution < 1.29 is 4.42 Å². The van der Waals surface area contributed by atoms with Gasteiger partial charge < -0.3 is 9.32 Å². The summed E-state index contributed by atoms with van der Waals surface area (Å²) in [6.45, 7) is 2.64. The first kappa shape index (κ1) is 14.0. The molecule has 0 amide bonds. The SMILES string of the molecule is Cc1ccc(CN(C)c2ncc(CCl)c3ccccc23)o1. The third kappa shape index (κ3) is 2.74. The van der Waals surface area contributed by atoms with Crippen molar-refractivity contribution in [2.24, 2.45) is 0 Å². The lowest BCUT2D eigenvalue weighted by atomic mass is 10.1. The molecule has 0 N–H and O–H groups in total. The number of fused-ring (bicyclic) bond motifs is 1. The Morgan fingerprint density at radius 1 is 1.14 bits per heavy atom. The standard InChI is InChI=1S/C17H17ClN2O/c1-12-7-8-14(21-12)11-20(2)17-16-6-4-3-5-15(16)13(9-18)10-19-17/h3-8,10H,9,11H2,1-2H3. The summed E-state index contributed by atoms with van der Waals surface area (Å²) in [4.78, 5) is 6.68.